The lowest BCUT2D eigenvalue weighted by molar-refractivity contribution is -0.232. The minimum absolute atomic E-state index is 0.119. The molecule has 1 saturated heterocycles. The van der Waals surface area contributed by atoms with Crippen molar-refractivity contribution >= 4 is 13.5 Å². The molecule has 3 aromatic rings. The largest absolute Gasteiger partial charge is 0.374 e. The Morgan fingerprint density at radius 1 is 0.733 bits per heavy atom. The van der Waals surface area contributed by atoms with Crippen molar-refractivity contribution in [3.8, 4) is 0 Å². The van der Waals surface area contributed by atoms with E-state index in [1.807, 2.05) is 91.0 Å². The van der Waals surface area contributed by atoms with Crippen LogP contribution in [0.15, 0.2) is 91.0 Å². The third kappa shape index (κ3) is 11.2. The fraction of sp³-hybridized carbons (Fsp3) is 0.457. The second-order valence-corrected chi connectivity index (χ2v) is 13.1. The van der Waals surface area contributed by atoms with Gasteiger partial charge in [-0.05, 0) is 37.0 Å². The Morgan fingerprint density at radius 2 is 1.22 bits per heavy atom. The van der Waals surface area contributed by atoms with Crippen molar-refractivity contribution in [3.05, 3.63) is 108 Å². The van der Waals surface area contributed by atoms with Crippen molar-refractivity contribution in [2.45, 2.75) is 77.5 Å². The predicted molar refractivity (Wildman–Crippen MR) is 173 cm³/mol. The standard InChI is InChI=1S/C35H46NO8P/c1-4-42-45(38,43-5-2)22-21-31-33(36-27(3)37)35(41-25-30-19-13-8-14-20-30)34(40-24-29-17-11-7-12-18-29)32(44-31)26-39-23-28-15-9-6-10-16-28/h6-20,31-35H,4-5,21-26H2,1-3H3,(H,36,37)/t31-,32-,33+,34-,35-/m1/s1. The fourth-order valence-electron chi connectivity index (χ4n) is 5.45. The first-order chi connectivity index (χ1) is 21.9. The van der Waals surface area contributed by atoms with Crippen LogP contribution in [-0.4, -0.2) is 62.3 Å². The molecule has 5 atom stereocenters. The monoisotopic (exact) mass is 639 g/mol. The highest BCUT2D eigenvalue weighted by molar-refractivity contribution is 7.53. The average molecular weight is 640 g/mol. The first-order valence-corrected chi connectivity index (χ1v) is 17.4. The summed E-state index contributed by atoms with van der Waals surface area (Å²) in [5.41, 5.74) is 3.02. The lowest BCUT2D eigenvalue weighted by atomic mass is 9.90. The van der Waals surface area contributed by atoms with Crippen molar-refractivity contribution in [2.24, 2.45) is 0 Å². The molecule has 0 spiro atoms. The molecule has 3 aromatic carbocycles. The van der Waals surface area contributed by atoms with Gasteiger partial charge in [-0.1, -0.05) is 91.0 Å². The maximum atomic E-state index is 13.4. The molecule has 4 rings (SSSR count). The minimum atomic E-state index is -3.37. The number of rotatable bonds is 18. The van der Waals surface area contributed by atoms with Crippen molar-refractivity contribution in [1.29, 1.82) is 0 Å². The Morgan fingerprint density at radius 3 is 1.71 bits per heavy atom. The lowest BCUT2D eigenvalue weighted by Gasteiger charge is -2.47. The quantitative estimate of drug-likeness (QED) is 0.162. The number of carbonyl (C=O) groups excluding carboxylic acids is 1. The molecule has 10 heteroatoms. The maximum absolute atomic E-state index is 13.4. The van der Waals surface area contributed by atoms with Crippen molar-refractivity contribution in [1.82, 2.24) is 5.32 Å². The van der Waals surface area contributed by atoms with Crippen LogP contribution in [0, 0.1) is 0 Å². The van der Waals surface area contributed by atoms with E-state index in [-0.39, 0.29) is 31.9 Å². The maximum Gasteiger partial charge on any atom is 0.330 e. The van der Waals surface area contributed by atoms with E-state index < -0.39 is 38.1 Å². The molecule has 0 saturated carbocycles. The van der Waals surface area contributed by atoms with Crippen LogP contribution >= 0.6 is 7.60 Å². The predicted octanol–water partition coefficient (Wildman–Crippen LogP) is 6.30. The van der Waals surface area contributed by atoms with Crippen LogP contribution in [0.4, 0.5) is 0 Å². The van der Waals surface area contributed by atoms with Gasteiger partial charge in [-0.25, -0.2) is 0 Å². The molecule has 9 nitrogen and oxygen atoms in total. The van der Waals surface area contributed by atoms with E-state index in [0.717, 1.165) is 16.7 Å². The molecular formula is C35H46NO8P. The van der Waals surface area contributed by atoms with Gasteiger partial charge in [0.2, 0.25) is 5.91 Å². The number of nitrogens with one attached hydrogen (secondary N) is 1. The zero-order valence-corrected chi connectivity index (χ0v) is 27.3. The van der Waals surface area contributed by atoms with Crippen LogP contribution in [0.5, 0.6) is 0 Å². The van der Waals surface area contributed by atoms with Crippen LogP contribution < -0.4 is 5.32 Å². The second kappa shape index (κ2) is 18.3. The summed E-state index contributed by atoms with van der Waals surface area (Å²) in [6.45, 7) is 6.77. The minimum Gasteiger partial charge on any atom is -0.374 e. The summed E-state index contributed by atoms with van der Waals surface area (Å²) < 4.78 is 50.7. The second-order valence-electron chi connectivity index (χ2n) is 10.9. The molecule has 1 N–H and O–H groups in total. The van der Waals surface area contributed by atoms with E-state index in [2.05, 4.69) is 5.32 Å². The van der Waals surface area contributed by atoms with Gasteiger partial charge in [0.25, 0.3) is 0 Å². The average Bonchev–Trinajstić information content (AvgIpc) is 3.04. The number of ether oxygens (including phenoxy) is 4. The molecule has 1 amide bonds. The highest BCUT2D eigenvalue weighted by atomic mass is 31.2. The molecule has 1 aliphatic rings. The molecule has 0 aliphatic carbocycles. The third-order valence-corrected chi connectivity index (χ3v) is 9.58. The van der Waals surface area contributed by atoms with Gasteiger partial charge in [0.15, 0.2) is 0 Å². The first-order valence-electron chi connectivity index (χ1n) is 15.6. The SMILES string of the molecule is CCOP(=O)(CC[C@H]1O[C@H](COCc2ccccc2)[C@@H](OCc2ccccc2)[C@H](OCc2ccccc2)[C@H]1NC(C)=O)OCC. The third-order valence-electron chi connectivity index (χ3n) is 7.47. The Labute approximate surface area is 267 Å². The molecule has 1 fully saturated rings. The van der Waals surface area contributed by atoms with Gasteiger partial charge in [0, 0.05) is 6.92 Å². The first kappa shape index (κ1) is 35.0. The smallest absolute Gasteiger partial charge is 0.330 e. The number of benzene rings is 3. The van der Waals surface area contributed by atoms with Crippen molar-refractivity contribution in [3.63, 3.8) is 0 Å². The molecule has 0 aromatic heterocycles. The van der Waals surface area contributed by atoms with E-state index in [9.17, 15) is 9.36 Å². The molecule has 0 radical (unpaired) electrons. The van der Waals surface area contributed by atoms with E-state index in [0.29, 0.717) is 26.2 Å². The zero-order chi connectivity index (χ0) is 31.9. The molecule has 45 heavy (non-hydrogen) atoms. The van der Waals surface area contributed by atoms with E-state index in [1.54, 1.807) is 13.8 Å². The van der Waals surface area contributed by atoms with Crippen LogP contribution in [-0.2, 0) is 57.2 Å². The zero-order valence-electron chi connectivity index (χ0n) is 26.4. The Hall–Kier alpha value is -2.88. The van der Waals surface area contributed by atoms with Gasteiger partial charge < -0.3 is 33.3 Å². The summed E-state index contributed by atoms with van der Waals surface area (Å²) >= 11 is 0. The summed E-state index contributed by atoms with van der Waals surface area (Å²) in [7, 11) is -3.37. The Kier molecular flexibility index (Phi) is 14.2. The highest BCUT2D eigenvalue weighted by Gasteiger charge is 2.48. The van der Waals surface area contributed by atoms with Crippen LogP contribution in [0.25, 0.3) is 0 Å². The van der Waals surface area contributed by atoms with E-state index >= 15 is 0 Å². The van der Waals surface area contributed by atoms with Gasteiger partial charge in [-0.3, -0.25) is 9.36 Å². The number of amides is 1. The topological polar surface area (TPSA) is 102 Å². The van der Waals surface area contributed by atoms with Crippen molar-refractivity contribution < 1.29 is 37.4 Å². The highest BCUT2D eigenvalue weighted by Crippen LogP contribution is 2.49. The molecular weight excluding hydrogens is 593 g/mol. The van der Waals surface area contributed by atoms with Crippen molar-refractivity contribution in [2.75, 3.05) is 26.0 Å². The van der Waals surface area contributed by atoms with Gasteiger partial charge >= 0.3 is 7.60 Å². The summed E-state index contributed by atoms with van der Waals surface area (Å²) in [5, 5.41) is 3.07. The van der Waals surface area contributed by atoms with Gasteiger partial charge in [0.05, 0.1) is 57.9 Å². The summed E-state index contributed by atoms with van der Waals surface area (Å²) in [6.07, 6.45) is -1.91. The summed E-state index contributed by atoms with van der Waals surface area (Å²) in [5.74, 6) is -0.236. The lowest BCUT2D eigenvalue weighted by Crippen LogP contribution is -2.65. The van der Waals surface area contributed by atoms with Crippen LogP contribution in [0.3, 0.4) is 0 Å². The number of hydrogen-bond acceptors (Lipinski definition) is 8. The fourth-order valence-corrected chi connectivity index (χ4v) is 7.14. The summed E-state index contributed by atoms with van der Waals surface area (Å²) in [6, 6.07) is 29.0. The van der Waals surface area contributed by atoms with Crippen LogP contribution in [0.2, 0.25) is 0 Å². The van der Waals surface area contributed by atoms with Gasteiger partial charge in [-0.15, -0.1) is 0 Å². The Balaban J connectivity index is 1.64. The Bertz CT molecular complexity index is 1300. The molecule has 0 unspecified atom stereocenters. The molecule has 1 heterocycles. The van der Waals surface area contributed by atoms with Crippen LogP contribution in [0.1, 0.15) is 43.9 Å². The van der Waals surface area contributed by atoms with Gasteiger partial charge in [-0.2, -0.15) is 0 Å². The number of carbonyl (C=O) groups is 1. The summed E-state index contributed by atoms with van der Waals surface area (Å²) in [4.78, 5) is 12.6. The van der Waals surface area contributed by atoms with Gasteiger partial charge in [0.1, 0.15) is 18.3 Å². The number of hydrogen-bond donors (Lipinski definition) is 1. The normalized spacial score (nSPS) is 21.8. The van der Waals surface area contributed by atoms with E-state index in [4.69, 9.17) is 28.0 Å². The molecule has 1 aliphatic heterocycles. The van der Waals surface area contributed by atoms with E-state index in [1.165, 1.54) is 6.92 Å². The molecule has 244 valence electrons. The molecule has 0 bridgehead atoms.